The molecule has 0 radical (unpaired) electrons. The van der Waals surface area contributed by atoms with E-state index in [1.165, 1.54) is 44.9 Å². The van der Waals surface area contributed by atoms with E-state index in [2.05, 4.69) is 19.2 Å². The number of hydrogen-bond donors (Lipinski definition) is 2. The molecule has 2 aliphatic rings. The molecule has 2 atom stereocenters. The second-order valence-electron chi connectivity index (χ2n) is 6.88. The molecule has 0 aromatic carbocycles. The molecule has 0 aromatic heterocycles. The summed E-state index contributed by atoms with van der Waals surface area (Å²) in [7, 11) is 0. The summed E-state index contributed by atoms with van der Waals surface area (Å²) in [6, 6.07) is 0.612. The Kier molecular flexibility index (Phi) is 4.48. The summed E-state index contributed by atoms with van der Waals surface area (Å²) in [5, 5.41) is 13.7. The first-order valence-electron chi connectivity index (χ1n) is 7.49. The number of hydrogen-bond acceptors (Lipinski definition) is 2. The van der Waals surface area contributed by atoms with Crippen LogP contribution in [0.5, 0.6) is 0 Å². The quantitative estimate of drug-likeness (QED) is 0.772. The molecule has 0 saturated heterocycles. The molecule has 2 saturated carbocycles. The van der Waals surface area contributed by atoms with Gasteiger partial charge in [-0.05, 0) is 30.6 Å². The third-order valence-corrected chi connectivity index (χ3v) is 4.94. The zero-order valence-corrected chi connectivity index (χ0v) is 11.5. The molecule has 2 N–H and O–H groups in total. The highest BCUT2D eigenvalue weighted by Crippen LogP contribution is 2.37. The summed E-state index contributed by atoms with van der Waals surface area (Å²) < 4.78 is 0. The lowest BCUT2D eigenvalue weighted by Gasteiger charge is -2.29. The fourth-order valence-electron chi connectivity index (χ4n) is 3.70. The first-order valence-corrected chi connectivity index (χ1v) is 7.49. The van der Waals surface area contributed by atoms with Crippen molar-refractivity contribution in [2.45, 2.75) is 77.4 Å². The Labute approximate surface area is 106 Å². The van der Waals surface area contributed by atoms with Crippen molar-refractivity contribution in [1.29, 1.82) is 0 Å². The fourth-order valence-corrected chi connectivity index (χ4v) is 3.70. The van der Waals surface area contributed by atoms with E-state index in [0.29, 0.717) is 11.5 Å². The maximum atomic E-state index is 10.1. The van der Waals surface area contributed by atoms with Crippen molar-refractivity contribution < 1.29 is 5.11 Å². The maximum absolute atomic E-state index is 10.1. The van der Waals surface area contributed by atoms with E-state index >= 15 is 0 Å². The molecule has 100 valence electrons. The van der Waals surface area contributed by atoms with Crippen LogP contribution in [0.1, 0.15) is 65.2 Å². The molecule has 0 spiro atoms. The van der Waals surface area contributed by atoms with Crippen molar-refractivity contribution in [3.05, 3.63) is 0 Å². The molecule has 2 unspecified atom stereocenters. The summed E-state index contributed by atoms with van der Waals surface area (Å²) in [5.74, 6) is 0.795. The van der Waals surface area contributed by atoms with Crippen molar-refractivity contribution in [3.8, 4) is 0 Å². The van der Waals surface area contributed by atoms with Gasteiger partial charge in [0.05, 0.1) is 6.10 Å². The van der Waals surface area contributed by atoms with E-state index in [-0.39, 0.29) is 6.10 Å². The Morgan fingerprint density at radius 1 is 1.18 bits per heavy atom. The smallest absolute Gasteiger partial charge is 0.0667 e. The summed E-state index contributed by atoms with van der Waals surface area (Å²) in [5.41, 5.74) is 0.424. The Morgan fingerprint density at radius 3 is 2.47 bits per heavy atom. The summed E-state index contributed by atoms with van der Waals surface area (Å²) in [4.78, 5) is 0. The molecule has 2 nitrogen and oxygen atoms in total. The molecule has 0 bridgehead atoms. The summed E-state index contributed by atoms with van der Waals surface area (Å²) in [6.45, 7) is 5.49. The van der Waals surface area contributed by atoms with Gasteiger partial charge in [0.1, 0.15) is 0 Å². The lowest BCUT2D eigenvalue weighted by atomic mass is 9.87. The molecule has 0 amide bonds. The first-order chi connectivity index (χ1) is 8.08. The van der Waals surface area contributed by atoms with Gasteiger partial charge in [-0.15, -0.1) is 0 Å². The van der Waals surface area contributed by atoms with Gasteiger partial charge in [0.2, 0.25) is 0 Å². The summed E-state index contributed by atoms with van der Waals surface area (Å²) in [6.07, 6.45) is 10.3. The van der Waals surface area contributed by atoms with Crippen LogP contribution in [0.4, 0.5) is 0 Å². The van der Waals surface area contributed by atoms with E-state index in [4.69, 9.17) is 0 Å². The average Bonchev–Trinajstić information content (AvgIpc) is 2.85. The van der Waals surface area contributed by atoms with E-state index in [1.54, 1.807) is 0 Å². The highest BCUT2D eigenvalue weighted by Gasteiger charge is 2.34. The van der Waals surface area contributed by atoms with Crippen LogP contribution in [0.3, 0.4) is 0 Å². The van der Waals surface area contributed by atoms with Gasteiger partial charge < -0.3 is 10.4 Å². The fraction of sp³-hybridized carbons (Fsp3) is 1.00. The first kappa shape index (κ1) is 13.4. The molecule has 2 heteroatoms. The van der Waals surface area contributed by atoms with Crippen LogP contribution < -0.4 is 5.32 Å². The van der Waals surface area contributed by atoms with Crippen LogP contribution >= 0.6 is 0 Å². The molecule has 2 fully saturated rings. The molecule has 2 rings (SSSR count). The van der Waals surface area contributed by atoms with Crippen molar-refractivity contribution in [1.82, 2.24) is 5.32 Å². The predicted octanol–water partition coefficient (Wildman–Crippen LogP) is 3.10. The highest BCUT2D eigenvalue weighted by atomic mass is 16.3. The zero-order valence-electron chi connectivity index (χ0n) is 11.5. The van der Waals surface area contributed by atoms with E-state index in [0.717, 1.165) is 18.9 Å². The molecular weight excluding hydrogens is 210 g/mol. The molecular formula is C15H29NO. The van der Waals surface area contributed by atoms with Crippen molar-refractivity contribution >= 4 is 0 Å². The normalized spacial score (nSPS) is 30.9. The Balaban J connectivity index is 1.67. The van der Waals surface area contributed by atoms with Gasteiger partial charge in [0, 0.05) is 12.6 Å². The Bertz CT molecular complexity index is 233. The van der Waals surface area contributed by atoms with Gasteiger partial charge in [0.25, 0.3) is 0 Å². The average molecular weight is 239 g/mol. The third-order valence-electron chi connectivity index (χ3n) is 4.94. The minimum absolute atomic E-state index is 0.130. The molecule has 2 aliphatic carbocycles. The number of aliphatic hydroxyl groups is 1. The second kappa shape index (κ2) is 5.71. The third kappa shape index (κ3) is 3.69. The van der Waals surface area contributed by atoms with Crippen molar-refractivity contribution in [2.75, 3.05) is 6.54 Å². The highest BCUT2D eigenvalue weighted by molar-refractivity contribution is 4.90. The number of aliphatic hydroxyl groups excluding tert-OH is 1. The monoisotopic (exact) mass is 239 g/mol. The van der Waals surface area contributed by atoms with Crippen molar-refractivity contribution in [2.24, 2.45) is 11.3 Å². The minimum atomic E-state index is -0.130. The van der Waals surface area contributed by atoms with Gasteiger partial charge in [-0.25, -0.2) is 0 Å². The van der Waals surface area contributed by atoms with Crippen LogP contribution in [0, 0.1) is 11.3 Å². The van der Waals surface area contributed by atoms with Crippen LogP contribution in [0.2, 0.25) is 0 Å². The topological polar surface area (TPSA) is 32.3 Å². The number of nitrogens with one attached hydrogen (secondary N) is 1. The van der Waals surface area contributed by atoms with E-state index in [9.17, 15) is 5.11 Å². The van der Waals surface area contributed by atoms with Crippen molar-refractivity contribution in [3.63, 3.8) is 0 Å². The molecule has 0 aliphatic heterocycles. The van der Waals surface area contributed by atoms with Gasteiger partial charge in [-0.1, -0.05) is 46.0 Å². The SMILES string of the molecule is CC1(C)CCCC1NCC(O)CC1CCCC1. The van der Waals surface area contributed by atoms with Gasteiger partial charge in [-0.3, -0.25) is 0 Å². The second-order valence-corrected chi connectivity index (χ2v) is 6.88. The summed E-state index contributed by atoms with van der Waals surface area (Å²) >= 11 is 0. The van der Waals surface area contributed by atoms with Gasteiger partial charge in [0.15, 0.2) is 0 Å². The molecule has 0 aromatic rings. The number of rotatable bonds is 5. The van der Waals surface area contributed by atoms with Crippen LogP contribution in [-0.2, 0) is 0 Å². The minimum Gasteiger partial charge on any atom is -0.392 e. The van der Waals surface area contributed by atoms with Gasteiger partial charge in [-0.2, -0.15) is 0 Å². The van der Waals surface area contributed by atoms with Crippen LogP contribution in [-0.4, -0.2) is 23.8 Å². The Hall–Kier alpha value is -0.0800. The molecule has 0 heterocycles. The zero-order chi connectivity index (χ0) is 12.3. The lowest BCUT2D eigenvalue weighted by Crippen LogP contribution is -2.41. The standard InChI is InChI=1S/C15H29NO/c1-15(2)9-5-8-14(15)16-11-13(17)10-12-6-3-4-7-12/h12-14,16-17H,3-11H2,1-2H3. The molecule has 17 heavy (non-hydrogen) atoms. The van der Waals surface area contributed by atoms with Crippen LogP contribution in [0.15, 0.2) is 0 Å². The van der Waals surface area contributed by atoms with Gasteiger partial charge >= 0.3 is 0 Å². The van der Waals surface area contributed by atoms with E-state index < -0.39 is 0 Å². The van der Waals surface area contributed by atoms with Crippen LogP contribution in [0.25, 0.3) is 0 Å². The van der Waals surface area contributed by atoms with E-state index in [1.807, 2.05) is 0 Å². The maximum Gasteiger partial charge on any atom is 0.0667 e. The lowest BCUT2D eigenvalue weighted by molar-refractivity contribution is 0.129. The largest absolute Gasteiger partial charge is 0.392 e. The Morgan fingerprint density at radius 2 is 1.88 bits per heavy atom. The predicted molar refractivity (Wildman–Crippen MR) is 72.0 cm³/mol.